The van der Waals surface area contributed by atoms with Gasteiger partial charge >= 0.3 is 43.0 Å². The number of carbonyl (C=O) groups is 2. The fourth-order valence-corrected chi connectivity index (χ4v) is 13.4. The van der Waals surface area contributed by atoms with Crippen LogP contribution in [0.4, 0.5) is 79.0 Å². The van der Waals surface area contributed by atoms with Gasteiger partial charge in [-0.25, -0.2) is 10.0 Å². The minimum Gasteiger partial charge on any atom is -0.466 e. The van der Waals surface area contributed by atoms with Gasteiger partial charge in [0.15, 0.2) is 0 Å². The summed E-state index contributed by atoms with van der Waals surface area (Å²) in [5, 5.41) is 9.63. The van der Waals surface area contributed by atoms with Crippen molar-refractivity contribution < 1.29 is 108 Å². The van der Waals surface area contributed by atoms with Gasteiger partial charge in [0, 0.05) is 67.1 Å². The summed E-state index contributed by atoms with van der Waals surface area (Å²) < 4.78 is 260. The zero-order chi connectivity index (χ0) is 81.7. The van der Waals surface area contributed by atoms with Crippen LogP contribution in [0, 0.1) is 0 Å². The fraction of sp³-hybridized carbons (Fsp3) is 0.519. The van der Waals surface area contributed by atoms with Crippen LogP contribution in [0.3, 0.4) is 0 Å². The minimum atomic E-state index is -4.92. The lowest BCUT2D eigenvalue weighted by Gasteiger charge is -2.45. The van der Waals surface area contributed by atoms with E-state index in [1.54, 1.807) is 10.0 Å². The van der Waals surface area contributed by atoms with E-state index in [1.165, 1.54) is 20.8 Å². The Morgan fingerprint density at radius 1 is 0.486 bits per heavy atom. The molecular weight excluding hydrogens is 1600 g/mol. The van der Waals surface area contributed by atoms with Crippen molar-refractivity contribution in [2.45, 2.75) is 181 Å². The van der Waals surface area contributed by atoms with Crippen molar-refractivity contribution >= 4 is 54.4 Å². The summed E-state index contributed by atoms with van der Waals surface area (Å²) in [6, 6.07) is 33.5. The zero-order valence-corrected chi connectivity index (χ0v) is 66.2. The Hall–Kier alpha value is -5.98. The monoisotopic (exact) mass is 1690 g/mol. The predicted octanol–water partition coefficient (Wildman–Crippen LogP) is 21.7. The fourth-order valence-electron chi connectivity index (χ4n) is 13.1. The molecule has 4 saturated heterocycles. The van der Waals surface area contributed by atoms with Gasteiger partial charge in [0.05, 0.1) is 78.1 Å². The predicted molar refractivity (Wildman–Crippen MR) is 396 cm³/mol. The molecule has 1 amide bonds. The Bertz CT molecular complexity index is 3700. The van der Waals surface area contributed by atoms with E-state index in [0.29, 0.717) is 77.9 Å². The number of piperidine rings is 3. The van der Waals surface area contributed by atoms with Crippen molar-refractivity contribution in [2.75, 3.05) is 77.6 Å². The minimum absolute atomic E-state index is 0. The second-order valence-corrected chi connectivity index (χ2v) is 32.8. The molecule has 32 heteroatoms. The van der Waals surface area contributed by atoms with E-state index < -0.39 is 99.6 Å². The van der Waals surface area contributed by atoms with E-state index in [9.17, 15) is 88.6 Å². The first-order valence-corrected chi connectivity index (χ1v) is 40.8. The van der Waals surface area contributed by atoms with Gasteiger partial charge in [0.2, 0.25) is 5.91 Å². The number of carbonyl (C=O) groups excluding carboxylic acids is 2. The van der Waals surface area contributed by atoms with Gasteiger partial charge in [0.1, 0.15) is 0 Å². The Balaban J connectivity index is 0.000000275. The van der Waals surface area contributed by atoms with E-state index in [2.05, 4.69) is 43.3 Å². The molecule has 0 unspecified atom stereocenters. The number of nitrogens with zero attached hydrogens (tertiary/aromatic N) is 3. The summed E-state index contributed by atoms with van der Waals surface area (Å²) in [6.45, 7) is 11.8. The molecule has 111 heavy (non-hydrogen) atoms. The van der Waals surface area contributed by atoms with Gasteiger partial charge < -0.3 is 24.3 Å². The summed E-state index contributed by atoms with van der Waals surface area (Å²) >= 11 is 3.08. The number of ether oxygens (including phenoxy) is 4. The molecule has 0 spiro atoms. The summed E-state index contributed by atoms with van der Waals surface area (Å²) in [5.41, 5.74) is -6.74. The summed E-state index contributed by atoms with van der Waals surface area (Å²) in [7, 11) is 0. The first-order valence-electron chi connectivity index (χ1n) is 36.2. The maximum Gasteiger partial charge on any atom is 0.416 e. The zero-order valence-electron chi connectivity index (χ0n) is 62.7. The molecule has 0 bridgehead atoms. The van der Waals surface area contributed by atoms with Crippen LogP contribution in [-0.4, -0.2) is 119 Å². The topological polar surface area (TPSA) is 119 Å². The molecule has 4 aliphatic rings. The molecule has 6 aromatic carbocycles. The molecule has 3 N–H and O–H groups in total. The third-order valence-electron chi connectivity index (χ3n) is 19.4. The highest BCUT2D eigenvalue weighted by Gasteiger charge is 2.45. The first-order chi connectivity index (χ1) is 51.3. The average Bonchev–Trinajstić information content (AvgIpc) is 1.76. The molecule has 10 rings (SSSR count). The number of benzene rings is 6. The molecule has 0 aliphatic carbocycles. The molecule has 4 aliphatic heterocycles. The molecule has 4 fully saturated rings. The van der Waals surface area contributed by atoms with Crippen molar-refractivity contribution in [3.63, 3.8) is 0 Å². The van der Waals surface area contributed by atoms with Crippen LogP contribution in [0.5, 0.6) is 0 Å². The molecule has 4 heterocycles. The van der Waals surface area contributed by atoms with Gasteiger partial charge in [-0.2, -0.15) is 79.0 Å². The van der Waals surface area contributed by atoms with Gasteiger partial charge in [0.25, 0.3) is 14.1 Å². The number of alkyl halides is 19. The van der Waals surface area contributed by atoms with E-state index in [4.69, 9.17) is 20.1 Å². The second kappa shape index (κ2) is 42.1. The van der Waals surface area contributed by atoms with Crippen LogP contribution in [0.2, 0.25) is 17.4 Å². The van der Waals surface area contributed by atoms with Gasteiger partial charge in [-0.05, 0) is 180 Å². The SMILES string of the molecule is CCOC(=O)CCCBr.C[C@@H](OCC1(c2ccccc2)CCN(N)CC1)c1cc(C(F)(F)F)cc(C(F)(F)F)c1.C[C@@H](OCC1(c2ccccc2)CCN(N2CCCC2=O)CC1)c1cc(C(F)(F)F)cc(C(F)(F)F)c1.C[C@@H](OCC1(c2ccccc2)CCNCC1)c1cc(C(F)(F)F)cc(C(F)(F)F)c1.Cl.[CH3][Al]([CH3])[CH3]. The smallest absolute Gasteiger partial charge is 0.416 e. The maximum absolute atomic E-state index is 13.3. The summed E-state index contributed by atoms with van der Waals surface area (Å²) in [4.78, 5) is 22.7. The van der Waals surface area contributed by atoms with Crippen molar-refractivity contribution in [1.29, 1.82) is 0 Å². The number of halogens is 20. The summed E-state index contributed by atoms with van der Waals surface area (Å²) in [5.74, 6) is 12.8. The van der Waals surface area contributed by atoms with E-state index in [0.717, 1.165) is 97.2 Å². The van der Waals surface area contributed by atoms with Crippen LogP contribution >= 0.6 is 28.3 Å². The van der Waals surface area contributed by atoms with E-state index >= 15 is 0 Å². The normalized spacial score (nSPS) is 17.6. The number of esters is 1. The van der Waals surface area contributed by atoms with Gasteiger partial charge in [-0.3, -0.25) is 20.4 Å². The first kappa shape index (κ1) is 95.6. The van der Waals surface area contributed by atoms with Crippen molar-refractivity contribution in [2.24, 2.45) is 5.84 Å². The molecule has 0 radical (unpaired) electrons. The highest BCUT2D eigenvalue weighted by atomic mass is 79.9. The molecule has 11 nitrogen and oxygen atoms in total. The number of hydrazine groups is 2. The van der Waals surface area contributed by atoms with E-state index in [-0.39, 0.29) is 98.6 Å². The van der Waals surface area contributed by atoms with Crippen LogP contribution in [0.25, 0.3) is 0 Å². The second-order valence-electron chi connectivity index (χ2n) is 28.5. The lowest BCUT2D eigenvalue weighted by atomic mass is 9.73. The Morgan fingerprint density at radius 3 is 1.04 bits per heavy atom. The van der Waals surface area contributed by atoms with Gasteiger partial charge in [-0.15, -0.1) is 29.8 Å². The molecule has 616 valence electrons. The lowest BCUT2D eigenvalue weighted by molar-refractivity contribution is -0.147. The molecule has 0 aromatic heterocycles. The van der Waals surface area contributed by atoms with E-state index in [1.807, 2.05) is 103 Å². The van der Waals surface area contributed by atoms with Crippen LogP contribution in [0.15, 0.2) is 146 Å². The largest absolute Gasteiger partial charge is 0.466 e. The van der Waals surface area contributed by atoms with Crippen molar-refractivity contribution in [3.05, 3.63) is 212 Å². The van der Waals surface area contributed by atoms with Crippen molar-refractivity contribution in [1.82, 2.24) is 20.3 Å². The number of hydrogen-bond acceptors (Lipinski definition) is 10. The third kappa shape index (κ3) is 29.1. The number of nitrogens with two attached hydrogens (primary N) is 1. The number of nitrogens with one attached hydrogen (secondary N) is 1. The van der Waals surface area contributed by atoms with Crippen LogP contribution in [-0.2, 0) is 81.8 Å². The van der Waals surface area contributed by atoms with Crippen LogP contribution in [0.1, 0.15) is 177 Å². The standard InChI is InChI=1S/C26H28F6N2O2.C22H24F6N2O.C22H23F6NO.C6H11BrO2.3CH3.Al.ClH/c1-18(19-14-21(25(27,28)29)16-22(15-19)26(30,31)32)36-17-24(20-6-3-2-4-7-20)9-12-33(13-10-24)34-11-5-8-23(34)35;1-15(16-11-18(21(23,24)25)13-19(12-16)22(26,27)28)31-14-20(7-9-30(29)10-8-20)17-5-3-2-4-6-17;1-15(16-11-18(21(23,24)25)13-19(12-16)22(26,27)28)30-14-20(7-9-29-10-8-20)17-5-3-2-4-6-17;1-2-9-6(8)4-3-5-7;;;;;/h2-4,6-7,14-16,18H,5,8-13,17H2,1H3;2-6,11-13,15H,7-10,14,29H2,1H3;2-6,11-13,15,29H,7-10,14H2,1H3;2-5H2,1H3;3*1H3;;1H/t18-;2*15-;;;;;;/m111....../s1. The Morgan fingerprint density at radius 2 is 0.775 bits per heavy atom. The Kier molecular flexibility index (Phi) is 36.2. The molecule has 0 saturated carbocycles. The molecular formula is C79H96AlBrClF18N5O6. The summed E-state index contributed by atoms with van der Waals surface area (Å²) in [6.07, 6.45) is -25.4. The maximum atomic E-state index is 13.3. The number of hydrogen-bond donors (Lipinski definition) is 2. The van der Waals surface area contributed by atoms with Gasteiger partial charge in [-0.1, -0.05) is 107 Å². The third-order valence-corrected chi connectivity index (χ3v) is 20.0. The molecule has 6 aromatic rings. The average molecular weight is 1700 g/mol. The quantitative estimate of drug-likeness (QED) is 0.0251. The highest BCUT2D eigenvalue weighted by Crippen LogP contribution is 2.45. The van der Waals surface area contributed by atoms with Crippen LogP contribution < -0.4 is 11.2 Å². The number of amides is 1. The Labute approximate surface area is 655 Å². The highest BCUT2D eigenvalue weighted by molar-refractivity contribution is 9.09. The lowest BCUT2D eigenvalue weighted by Crippen LogP contribution is -2.52. The van der Waals surface area contributed by atoms with Crippen molar-refractivity contribution in [3.8, 4) is 0 Å². The molecule has 3 atom stereocenters. The number of rotatable bonds is 20.